The lowest BCUT2D eigenvalue weighted by molar-refractivity contribution is -0.141. The molecule has 0 heterocycles. The van der Waals surface area contributed by atoms with Crippen molar-refractivity contribution in [3.8, 4) is 5.75 Å². The fraction of sp³-hybridized carbons (Fsp3) is 0.462. The quantitative estimate of drug-likeness (QED) is 0.491. The molecule has 198 valence electrons. The van der Waals surface area contributed by atoms with Crippen LogP contribution in [0.3, 0.4) is 0 Å². The molecule has 2 amide bonds. The van der Waals surface area contributed by atoms with Gasteiger partial charge in [-0.25, -0.2) is 8.42 Å². The van der Waals surface area contributed by atoms with Gasteiger partial charge in [0.15, 0.2) is 0 Å². The van der Waals surface area contributed by atoms with E-state index in [0.29, 0.717) is 28.4 Å². The van der Waals surface area contributed by atoms with E-state index in [1.165, 1.54) is 4.90 Å². The van der Waals surface area contributed by atoms with Gasteiger partial charge in [-0.1, -0.05) is 30.7 Å². The topological polar surface area (TPSA) is 96.0 Å². The van der Waals surface area contributed by atoms with Crippen LogP contribution in [0.4, 0.5) is 5.69 Å². The van der Waals surface area contributed by atoms with Gasteiger partial charge in [0.05, 0.1) is 19.1 Å². The number of hydrogen-bond donors (Lipinski definition) is 1. The van der Waals surface area contributed by atoms with Gasteiger partial charge >= 0.3 is 0 Å². The van der Waals surface area contributed by atoms with Crippen LogP contribution in [0.25, 0.3) is 0 Å². The van der Waals surface area contributed by atoms with E-state index in [2.05, 4.69) is 5.32 Å². The highest BCUT2D eigenvalue weighted by Crippen LogP contribution is 2.26. The van der Waals surface area contributed by atoms with Crippen molar-refractivity contribution in [2.45, 2.75) is 59.2 Å². The lowest BCUT2D eigenvalue weighted by Crippen LogP contribution is -2.55. The highest BCUT2D eigenvalue weighted by molar-refractivity contribution is 7.92. The Morgan fingerprint density at radius 3 is 2.33 bits per heavy atom. The molecule has 2 aromatic carbocycles. The molecule has 0 bridgehead atoms. The predicted molar refractivity (Wildman–Crippen MR) is 144 cm³/mol. The summed E-state index contributed by atoms with van der Waals surface area (Å²) in [6.45, 7) is 8.76. The zero-order chi connectivity index (χ0) is 27.3. The van der Waals surface area contributed by atoms with Gasteiger partial charge in [-0.05, 0) is 75.6 Å². The van der Waals surface area contributed by atoms with Crippen LogP contribution in [0, 0.1) is 6.92 Å². The molecule has 10 heteroatoms. The Morgan fingerprint density at radius 2 is 1.81 bits per heavy atom. The maximum atomic E-state index is 13.8. The van der Waals surface area contributed by atoms with Crippen LogP contribution in [0.2, 0.25) is 5.02 Å². The molecule has 0 aromatic heterocycles. The molecule has 0 spiro atoms. The SMILES string of the molecule is CCC(C(=O)NC(C)(C)C)N(Cc1cccc(OC)c1)C(=O)CN(c1ccc(Cl)cc1C)S(C)(=O)=O. The van der Waals surface area contributed by atoms with E-state index >= 15 is 0 Å². The van der Waals surface area contributed by atoms with Crippen molar-refractivity contribution in [2.75, 3.05) is 24.2 Å². The summed E-state index contributed by atoms with van der Waals surface area (Å²) in [6, 6.07) is 11.2. The van der Waals surface area contributed by atoms with Gasteiger partial charge < -0.3 is 15.0 Å². The molecule has 2 rings (SSSR count). The number of amides is 2. The van der Waals surface area contributed by atoms with E-state index in [1.807, 2.05) is 33.8 Å². The maximum Gasteiger partial charge on any atom is 0.244 e. The Morgan fingerprint density at radius 1 is 1.14 bits per heavy atom. The van der Waals surface area contributed by atoms with Crippen molar-refractivity contribution >= 4 is 39.1 Å². The van der Waals surface area contributed by atoms with E-state index in [-0.39, 0.29) is 12.5 Å². The first kappa shape index (κ1) is 29.5. The second kappa shape index (κ2) is 12.0. The summed E-state index contributed by atoms with van der Waals surface area (Å²) in [7, 11) is -2.28. The van der Waals surface area contributed by atoms with E-state index < -0.39 is 34.1 Å². The van der Waals surface area contributed by atoms with Crippen LogP contribution >= 0.6 is 11.6 Å². The number of benzene rings is 2. The molecule has 0 radical (unpaired) electrons. The van der Waals surface area contributed by atoms with Gasteiger partial charge in [0.25, 0.3) is 0 Å². The lowest BCUT2D eigenvalue weighted by Gasteiger charge is -2.34. The number of sulfonamides is 1. The first-order valence-electron chi connectivity index (χ1n) is 11.6. The van der Waals surface area contributed by atoms with Crippen LogP contribution < -0.4 is 14.4 Å². The highest BCUT2D eigenvalue weighted by Gasteiger charge is 2.33. The third-order valence-electron chi connectivity index (χ3n) is 5.48. The van der Waals surface area contributed by atoms with Gasteiger partial charge in [0.2, 0.25) is 21.8 Å². The first-order valence-corrected chi connectivity index (χ1v) is 13.9. The van der Waals surface area contributed by atoms with E-state index in [4.69, 9.17) is 16.3 Å². The molecular formula is C26H36ClN3O5S. The highest BCUT2D eigenvalue weighted by atomic mass is 35.5. The Hall–Kier alpha value is -2.78. The van der Waals surface area contributed by atoms with Crippen LogP contribution in [0.15, 0.2) is 42.5 Å². The second-order valence-electron chi connectivity index (χ2n) is 9.74. The Labute approximate surface area is 219 Å². The van der Waals surface area contributed by atoms with Crippen molar-refractivity contribution in [2.24, 2.45) is 0 Å². The first-order chi connectivity index (χ1) is 16.7. The molecule has 1 atom stereocenters. The van der Waals surface area contributed by atoms with E-state index in [1.54, 1.807) is 50.4 Å². The monoisotopic (exact) mass is 537 g/mol. The molecule has 0 saturated carbocycles. The fourth-order valence-corrected chi connectivity index (χ4v) is 4.97. The summed E-state index contributed by atoms with van der Waals surface area (Å²) in [5.41, 5.74) is 1.20. The molecule has 0 aliphatic heterocycles. The molecule has 36 heavy (non-hydrogen) atoms. The average molecular weight is 538 g/mol. The minimum atomic E-state index is -3.82. The van der Waals surface area contributed by atoms with Crippen molar-refractivity contribution in [1.29, 1.82) is 0 Å². The molecule has 0 aliphatic carbocycles. The molecule has 8 nitrogen and oxygen atoms in total. The smallest absolute Gasteiger partial charge is 0.244 e. The van der Waals surface area contributed by atoms with Gasteiger partial charge in [0.1, 0.15) is 18.3 Å². The number of nitrogens with one attached hydrogen (secondary N) is 1. The second-order valence-corrected chi connectivity index (χ2v) is 12.1. The van der Waals surface area contributed by atoms with Crippen molar-refractivity contribution in [3.05, 3.63) is 58.6 Å². The lowest BCUT2D eigenvalue weighted by atomic mass is 10.1. The number of aryl methyl sites for hydroxylation is 1. The molecule has 1 N–H and O–H groups in total. The number of carbonyl (C=O) groups excluding carboxylic acids is 2. The number of methoxy groups -OCH3 is 1. The molecule has 1 unspecified atom stereocenters. The number of carbonyl (C=O) groups is 2. The Bertz CT molecular complexity index is 1190. The number of nitrogens with zero attached hydrogens (tertiary/aromatic N) is 2. The van der Waals surface area contributed by atoms with Crippen LogP contribution in [0.1, 0.15) is 45.2 Å². The Kier molecular flexibility index (Phi) is 9.79. The predicted octanol–water partition coefficient (Wildman–Crippen LogP) is 4.15. The molecule has 0 fully saturated rings. The number of rotatable bonds is 10. The number of ether oxygens (including phenoxy) is 1. The van der Waals surface area contributed by atoms with Crippen LogP contribution in [0.5, 0.6) is 5.75 Å². The third kappa shape index (κ3) is 8.13. The normalized spacial score (nSPS) is 12.6. The van der Waals surface area contributed by atoms with Gasteiger partial charge in [-0.2, -0.15) is 0 Å². The third-order valence-corrected chi connectivity index (χ3v) is 6.84. The molecular weight excluding hydrogens is 502 g/mol. The Balaban J connectivity index is 2.51. The van der Waals surface area contributed by atoms with Crippen LogP contribution in [-0.4, -0.2) is 56.6 Å². The summed E-state index contributed by atoms with van der Waals surface area (Å²) in [6.07, 6.45) is 1.39. The van der Waals surface area contributed by atoms with Gasteiger partial charge in [0, 0.05) is 17.1 Å². The van der Waals surface area contributed by atoms with Crippen molar-refractivity contribution < 1.29 is 22.7 Å². The van der Waals surface area contributed by atoms with Crippen LogP contribution in [-0.2, 0) is 26.2 Å². The summed E-state index contributed by atoms with van der Waals surface area (Å²) in [4.78, 5) is 28.4. The number of hydrogen-bond acceptors (Lipinski definition) is 5. The van der Waals surface area contributed by atoms with Crippen molar-refractivity contribution in [1.82, 2.24) is 10.2 Å². The average Bonchev–Trinajstić information content (AvgIpc) is 2.76. The molecule has 0 saturated heterocycles. The minimum Gasteiger partial charge on any atom is -0.497 e. The fourth-order valence-electron chi connectivity index (χ4n) is 3.83. The van der Waals surface area contributed by atoms with E-state index in [9.17, 15) is 18.0 Å². The number of halogens is 1. The number of anilines is 1. The molecule has 2 aromatic rings. The zero-order valence-electron chi connectivity index (χ0n) is 22.0. The minimum absolute atomic E-state index is 0.101. The summed E-state index contributed by atoms with van der Waals surface area (Å²) < 4.78 is 31.9. The summed E-state index contributed by atoms with van der Waals surface area (Å²) in [5.74, 6) is -0.204. The van der Waals surface area contributed by atoms with Gasteiger partial charge in [-0.3, -0.25) is 13.9 Å². The van der Waals surface area contributed by atoms with Crippen molar-refractivity contribution in [3.63, 3.8) is 0 Å². The molecule has 0 aliphatic rings. The van der Waals surface area contributed by atoms with E-state index in [0.717, 1.165) is 16.1 Å². The largest absolute Gasteiger partial charge is 0.497 e. The maximum absolute atomic E-state index is 13.8. The summed E-state index contributed by atoms with van der Waals surface area (Å²) >= 11 is 6.06. The standard InChI is InChI=1S/C26H36ClN3O5S/c1-8-22(25(32)28-26(3,4)5)29(16-19-10-9-11-21(15-19)35-6)24(31)17-30(36(7,33)34)23-13-12-20(27)14-18(23)2/h9-15,22H,8,16-17H2,1-7H3,(H,28,32). The zero-order valence-corrected chi connectivity index (χ0v) is 23.5. The summed E-state index contributed by atoms with van der Waals surface area (Å²) in [5, 5.41) is 3.40. The van der Waals surface area contributed by atoms with Gasteiger partial charge in [-0.15, -0.1) is 0 Å².